The number of hydrogen-bond acceptors (Lipinski definition) is 4. The van der Waals surface area contributed by atoms with E-state index in [9.17, 15) is 8.42 Å². The van der Waals surface area contributed by atoms with Crippen molar-refractivity contribution in [2.45, 2.75) is 18.0 Å². The minimum atomic E-state index is -3.47. The second-order valence-corrected chi connectivity index (χ2v) is 7.32. The average Bonchev–Trinajstić information content (AvgIpc) is 2.92. The highest BCUT2D eigenvalue weighted by Crippen LogP contribution is 2.21. The quantitative estimate of drug-likeness (QED) is 0.890. The lowest BCUT2D eigenvalue weighted by Crippen LogP contribution is -2.27. The number of rotatable bonds is 6. The fraction of sp³-hybridized carbons (Fsp3) is 0.286. The third-order valence-electron chi connectivity index (χ3n) is 3.01. The Labute approximate surface area is 124 Å². The number of thiophene rings is 1. The van der Waals surface area contributed by atoms with E-state index in [1.165, 1.54) is 4.31 Å². The van der Waals surface area contributed by atoms with Gasteiger partial charge in [0, 0.05) is 20.1 Å². The fourth-order valence-electron chi connectivity index (χ4n) is 1.98. The molecule has 1 aromatic heterocycles. The van der Waals surface area contributed by atoms with E-state index in [1.54, 1.807) is 37.6 Å². The second-order valence-electron chi connectivity index (χ2n) is 4.53. The largest absolute Gasteiger partial charge is 0.316 e. The average molecular weight is 310 g/mol. The highest BCUT2D eigenvalue weighted by atomic mass is 32.2. The SMILES string of the molecule is CNCc1ccccc1S(=O)(=O)N(C)Cc1ccsc1. The van der Waals surface area contributed by atoms with Crippen molar-refractivity contribution in [3.05, 3.63) is 52.2 Å². The van der Waals surface area contributed by atoms with E-state index in [0.29, 0.717) is 18.0 Å². The van der Waals surface area contributed by atoms with Crippen LogP contribution in [-0.2, 0) is 23.1 Å². The van der Waals surface area contributed by atoms with Crippen LogP contribution in [0, 0.1) is 0 Å². The van der Waals surface area contributed by atoms with E-state index in [4.69, 9.17) is 0 Å². The van der Waals surface area contributed by atoms with Gasteiger partial charge in [-0.3, -0.25) is 0 Å². The topological polar surface area (TPSA) is 49.4 Å². The zero-order valence-corrected chi connectivity index (χ0v) is 13.2. The molecule has 0 saturated carbocycles. The van der Waals surface area contributed by atoms with E-state index >= 15 is 0 Å². The van der Waals surface area contributed by atoms with Crippen molar-refractivity contribution in [1.82, 2.24) is 9.62 Å². The van der Waals surface area contributed by atoms with Gasteiger partial charge in [0.05, 0.1) is 4.90 Å². The normalized spacial score (nSPS) is 11.9. The van der Waals surface area contributed by atoms with Crippen molar-refractivity contribution in [3.63, 3.8) is 0 Å². The van der Waals surface area contributed by atoms with Gasteiger partial charge in [0.1, 0.15) is 0 Å². The van der Waals surface area contributed by atoms with Crippen LogP contribution in [0.2, 0.25) is 0 Å². The predicted octanol–water partition coefficient (Wildman–Crippen LogP) is 2.29. The Morgan fingerprint density at radius 3 is 2.65 bits per heavy atom. The van der Waals surface area contributed by atoms with Crippen molar-refractivity contribution >= 4 is 21.4 Å². The van der Waals surface area contributed by atoms with Crippen molar-refractivity contribution in [2.24, 2.45) is 0 Å². The van der Waals surface area contributed by atoms with E-state index in [0.717, 1.165) is 11.1 Å². The van der Waals surface area contributed by atoms with Gasteiger partial charge in [-0.1, -0.05) is 18.2 Å². The lowest BCUT2D eigenvalue weighted by molar-refractivity contribution is 0.466. The van der Waals surface area contributed by atoms with Crippen molar-refractivity contribution in [2.75, 3.05) is 14.1 Å². The lowest BCUT2D eigenvalue weighted by atomic mass is 10.2. The molecule has 0 aliphatic heterocycles. The molecule has 4 nitrogen and oxygen atoms in total. The van der Waals surface area contributed by atoms with Crippen molar-refractivity contribution in [1.29, 1.82) is 0 Å². The molecule has 1 heterocycles. The standard InChI is InChI=1S/C14H18N2O2S2/c1-15-9-13-5-3-4-6-14(13)20(17,18)16(2)10-12-7-8-19-11-12/h3-8,11,15H,9-10H2,1-2H3. The minimum absolute atomic E-state index is 0.368. The first-order valence-corrected chi connectivity index (χ1v) is 8.64. The van der Waals surface area contributed by atoms with Gasteiger partial charge >= 0.3 is 0 Å². The van der Waals surface area contributed by atoms with Gasteiger partial charge in [-0.2, -0.15) is 15.6 Å². The van der Waals surface area contributed by atoms with Gasteiger partial charge in [-0.25, -0.2) is 8.42 Å². The molecule has 0 aliphatic carbocycles. The highest BCUT2D eigenvalue weighted by Gasteiger charge is 2.23. The van der Waals surface area contributed by atoms with Gasteiger partial charge in [-0.15, -0.1) is 0 Å². The molecule has 1 N–H and O–H groups in total. The summed E-state index contributed by atoms with van der Waals surface area (Å²) in [4.78, 5) is 0.368. The van der Waals surface area contributed by atoms with Crippen LogP contribution in [0.25, 0.3) is 0 Å². The molecule has 6 heteroatoms. The van der Waals surface area contributed by atoms with Crippen LogP contribution in [0.4, 0.5) is 0 Å². The number of nitrogens with zero attached hydrogens (tertiary/aromatic N) is 1. The number of nitrogens with one attached hydrogen (secondary N) is 1. The molecule has 0 fully saturated rings. The third-order valence-corrected chi connectivity index (χ3v) is 5.65. The monoisotopic (exact) mass is 310 g/mol. The molecule has 1 aromatic carbocycles. The minimum Gasteiger partial charge on any atom is -0.316 e. The van der Waals surface area contributed by atoms with Gasteiger partial charge < -0.3 is 5.32 Å². The van der Waals surface area contributed by atoms with Crippen LogP contribution < -0.4 is 5.32 Å². The first-order chi connectivity index (χ1) is 9.55. The molecule has 0 amide bonds. The van der Waals surface area contributed by atoms with Crippen LogP contribution in [0.5, 0.6) is 0 Å². The molecule has 108 valence electrons. The van der Waals surface area contributed by atoms with Crippen LogP contribution in [0.1, 0.15) is 11.1 Å². The van der Waals surface area contributed by atoms with Crippen LogP contribution in [-0.4, -0.2) is 26.8 Å². The molecule has 2 aromatic rings. The molecule has 20 heavy (non-hydrogen) atoms. The van der Waals surface area contributed by atoms with E-state index in [2.05, 4.69) is 5.32 Å². The Bertz CT molecular complexity index is 652. The summed E-state index contributed by atoms with van der Waals surface area (Å²) in [6.45, 7) is 0.918. The van der Waals surface area contributed by atoms with Crippen molar-refractivity contribution < 1.29 is 8.42 Å². The van der Waals surface area contributed by atoms with Gasteiger partial charge in [0.2, 0.25) is 10.0 Å². The zero-order chi connectivity index (χ0) is 14.6. The molecule has 0 saturated heterocycles. The molecular formula is C14H18N2O2S2. The highest BCUT2D eigenvalue weighted by molar-refractivity contribution is 7.89. The molecule has 0 bridgehead atoms. The van der Waals surface area contributed by atoms with E-state index in [1.807, 2.05) is 29.0 Å². The maximum atomic E-state index is 12.7. The maximum Gasteiger partial charge on any atom is 0.243 e. The summed E-state index contributed by atoms with van der Waals surface area (Å²) in [6.07, 6.45) is 0. The Kier molecular flexibility index (Phi) is 4.93. The Balaban J connectivity index is 2.30. The summed E-state index contributed by atoms with van der Waals surface area (Å²) >= 11 is 1.57. The molecule has 0 spiro atoms. The number of benzene rings is 1. The Morgan fingerprint density at radius 2 is 2.00 bits per heavy atom. The van der Waals surface area contributed by atoms with Gasteiger partial charge in [-0.05, 0) is 41.1 Å². The molecule has 0 unspecified atom stereocenters. The third kappa shape index (κ3) is 3.27. The maximum absolute atomic E-state index is 12.7. The summed E-state index contributed by atoms with van der Waals surface area (Å²) < 4.78 is 26.7. The van der Waals surface area contributed by atoms with Crippen molar-refractivity contribution in [3.8, 4) is 0 Å². The first kappa shape index (κ1) is 15.2. The Morgan fingerprint density at radius 1 is 1.25 bits per heavy atom. The fourth-order valence-corrected chi connectivity index (χ4v) is 4.02. The summed E-state index contributed by atoms with van der Waals surface area (Å²) in [5.74, 6) is 0. The van der Waals surface area contributed by atoms with Gasteiger partial charge in [0.15, 0.2) is 0 Å². The zero-order valence-electron chi connectivity index (χ0n) is 11.5. The molecule has 0 atom stereocenters. The molecule has 2 rings (SSSR count). The van der Waals surface area contributed by atoms with Gasteiger partial charge in [0.25, 0.3) is 0 Å². The number of hydrogen-bond donors (Lipinski definition) is 1. The Hall–Kier alpha value is -1.21. The first-order valence-electron chi connectivity index (χ1n) is 6.25. The summed E-state index contributed by atoms with van der Waals surface area (Å²) in [5.41, 5.74) is 1.79. The van der Waals surface area contributed by atoms with E-state index in [-0.39, 0.29) is 0 Å². The summed E-state index contributed by atoms with van der Waals surface area (Å²) in [6, 6.07) is 9.04. The smallest absolute Gasteiger partial charge is 0.243 e. The summed E-state index contributed by atoms with van der Waals surface area (Å²) in [5, 5.41) is 6.91. The van der Waals surface area contributed by atoms with E-state index < -0.39 is 10.0 Å². The van der Waals surface area contributed by atoms with Crippen LogP contribution >= 0.6 is 11.3 Å². The predicted molar refractivity (Wildman–Crippen MR) is 82.2 cm³/mol. The molecule has 0 aliphatic rings. The number of sulfonamides is 1. The van der Waals surface area contributed by atoms with Crippen LogP contribution in [0.15, 0.2) is 46.0 Å². The van der Waals surface area contributed by atoms with Crippen LogP contribution in [0.3, 0.4) is 0 Å². The summed E-state index contributed by atoms with van der Waals surface area (Å²) in [7, 11) is -0.0517. The molecule has 0 radical (unpaired) electrons. The second kappa shape index (κ2) is 6.49. The molecular weight excluding hydrogens is 292 g/mol. The lowest BCUT2D eigenvalue weighted by Gasteiger charge is -2.18.